The van der Waals surface area contributed by atoms with Crippen LogP contribution in [0.3, 0.4) is 0 Å². The van der Waals surface area contributed by atoms with Crippen molar-refractivity contribution in [3.05, 3.63) is 187 Å². The second kappa shape index (κ2) is 12.0. The third kappa shape index (κ3) is 5.17. The summed E-state index contributed by atoms with van der Waals surface area (Å²) in [5.74, 6) is 1.61. The molecule has 2 aromatic heterocycles. The van der Waals surface area contributed by atoms with E-state index in [1.54, 1.807) is 0 Å². The van der Waals surface area contributed by atoms with Gasteiger partial charge in [0.15, 0.2) is 5.82 Å². The average molecular weight is 654 g/mol. The summed E-state index contributed by atoms with van der Waals surface area (Å²) in [7, 11) is 0. The lowest BCUT2D eigenvalue weighted by Gasteiger charge is -2.28. The monoisotopic (exact) mass is 653 g/mol. The molecule has 0 saturated heterocycles. The predicted octanol–water partition coefficient (Wildman–Crippen LogP) is 12.2. The molecule has 0 aliphatic carbocycles. The summed E-state index contributed by atoms with van der Waals surface area (Å²) in [5.41, 5.74) is 12.5. The van der Waals surface area contributed by atoms with Crippen molar-refractivity contribution in [2.24, 2.45) is 0 Å². The lowest BCUT2D eigenvalue weighted by Crippen LogP contribution is -2.17. The summed E-state index contributed by atoms with van der Waals surface area (Å²) < 4.78 is 6.64. The molecule has 0 saturated carbocycles. The molecule has 3 heterocycles. The van der Waals surface area contributed by atoms with E-state index in [0.29, 0.717) is 5.82 Å². The van der Waals surface area contributed by atoms with Gasteiger partial charge in [-0.1, -0.05) is 146 Å². The fourth-order valence-electron chi connectivity index (χ4n) is 7.38. The molecule has 0 radical (unpaired) electrons. The molecule has 0 amide bonds. The SMILES string of the molecule is c1ccc(-c2ccc(-c3cc(-c4cccc(C5Nc6cc7ccccc7cc6-c6oc7ccccc7c65)c4)nc(-c4ccccc4)n3)cc2)cc1. The van der Waals surface area contributed by atoms with Crippen LogP contribution in [0, 0.1) is 0 Å². The van der Waals surface area contributed by atoms with Gasteiger partial charge in [0.1, 0.15) is 11.3 Å². The number of para-hydroxylation sites is 1. The van der Waals surface area contributed by atoms with Gasteiger partial charge in [-0.05, 0) is 57.8 Å². The number of fused-ring (bicyclic) bond motifs is 6. The first-order valence-corrected chi connectivity index (χ1v) is 17.3. The van der Waals surface area contributed by atoms with Crippen LogP contribution in [0.4, 0.5) is 5.69 Å². The number of nitrogens with zero attached hydrogens (tertiary/aromatic N) is 2. The molecule has 1 aliphatic rings. The van der Waals surface area contributed by atoms with E-state index in [-0.39, 0.29) is 6.04 Å². The van der Waals surface area contributed by atoms with Crippen LogP contribution in [0.15, 0.2) is 180 Å². The van der Waals surface area contributed by atoms with Gasteiger partial charge in [0.2, 0.25) is 0 Å². The molecule has 0 spiro atoms. The van der Waals surface area contributed by atoms with Crippen molar-refractivity contribution < 1.29 is 4.42 Å². The number of rotatable bonds is 5. The van der Waals surface area contributed by atoms with Gasteiger partial charge in [-0.3, -0.25) is 0 Å². The van der Waals surface area contributed by atoms with E-state index in [4.69, 9.17) is 14.4 Å². The zero-order chi connectivity index (χ0) is 33.7. The van der Waals surface area contributed by atoms with Gasteiger partial charge in [-0.25, -0.2) is 9.97 Å². The summed E-state index contributed by atoms with van der Waals surface area (Å²) in [4.78, 5) is 10.2. The number of aromatic nitrogens is 2. The highest BCUT2D eigenvalue weighted by molar-refractivity contribution is 6.00. The Labute approximate surface area is 295 Å². The Bertz CT molecular complexity index is 2720. The highest BCUT2D eigenvalue weighted by atomic mass is 16.3. The maximum Gasteiger partial charge on any atom is 0.160 e. The first-order valence-electron chi connectivity index (χ1n) is 17.3. The Morgan fingerprint density at radius 2 is 1.08 bits per heavy atom. The molecule has 1 unspecified atom stereocenters. The van der Waals surface area contributed by atoms with Crippen LogP contribution < -0.4 is 5.32 Å². The minimum Gasteiger partial charge on any atom is -0.456 e. The third-order valence-electron chi connectivity index (χ3n) is 9.91. The summed E-state index contributed by atoms with van der Waals surface area (Å²) in [5, 5.41) is 7.41. The summed E-state index contributed by atoms with van der Waals surface area (Å²) >= 11 is 0. The van der Waals surface area contributed by atoms with Crippen molar-refractivity contribution in [1.29, 1.82) is 0 Å². The van der Waals surface area contributed by atoms with Crippen LogP contribution in [0.1, 0.15) is 17.2 Å². The highest BCUT2D eigenvalue weighted by Gasteiger charge is 2.31. The molecule has 1 atom stereocenters. The van der Waals surface area contributed by atoms with Crippen molar-refractivity contribution in [3.63, 3.8) is 0 Å². The zero-order valence-electron chi connectivity index (χ0n) is 27.6. The molecule has 0 fully saturated rings. The Balaban J connectivity index is 1.10. The van der Waals surface area contributed by atoms with Crippen LogP contribution in [0.25, 0.3) is 78.1 Å². The number of benzene rings is 7. The lowest BCUT2D eigenvalue weighted by atomic mass is 9.88. The van der Waals surface area contributed by atoms with Crippen molar-refractivity contribution in [2.45, 2.75) is 6.04 Å². The topological polar surface area (TPSA) is 51.0 Å². The standard InChI is InChI=1S/C47H31N3O/c1-3-12-30(13-4-1)31-22-24-32(25-23-31)40-29-41(50-47(49-40)33-14-5-2-6-15-33)36-18-11-19-37(26-36)45-44-38-20-9-10-21-43(38)51-46(44)39-27-34-16-7-8-17-35(34)28-42(39)48-45/h1-29,45,48H. The molecule has 9 aromatic rings. The normalized spacial score (nSPS) is 13.5. The van der Waals surface area contributed by atoms with Crippen LogP contribution >= 0.6 is 0 Å². The smallest absolute Gasteiger partial charge is 0.160 e. The molecule has 1 N–H and O–H groups in total. The molecule has 7 aromatic carbocycles. The molecule has 1 aliphatic heterocycles. The summed E-state index contributed by atoms with van der Waals surface area (Å²) in [6.45, 7) is 0. The van der Waals surface area contributed by atoms with E-state index in [1.165, 1.54) is 21.9 Å². The van der Waals surface area contributed by atoms with Gasteiger partial charge < -0.3 is 9.73 Å². The minimum atomic E-state index is -0.127. The molecule has 51 heavy (non-hydrogen) atoms. The fraction of sp³-hybridized carbons (Fsp3) is 0.0213. The van der Waals surface area contributed by atoms with Crippen molar-refractivity contribution in [2.75, 3.05) is 5.32 Å². The Hall–Kier alpha value is -6.78. The first kappa shape index (κ1) is 29.2. The van der Waals surface area contributed by atoms with E-state index in [2.05, 4.69) is 151 Å². The minimum absolute atomic E-state index is 0.127. The Morgan fingerprint density at radius 3 is 1.86 bits per heavy atom. The lowest BCUT2D eigenvalue weighted by molar-refractivity contribution is 0.622. The molecule has 0 bridgehead atoms. The first-order chi connectivity index (χ1) is 25.2. The van der Waals surface area contributed by atoms with E-state index in [1.807, 2.05) is 30.3 Å². The third-order valence-corrected chi connectivity index (χ3v) is 9.91. The second-order valence-corrected chi connectivity index (χ2v) is 13.1. The van der Waals surface area contributed by atoms with Gasteiger partial charge in [0, 0.05) is 38.9 Å². The maximum absolute atomic E-state index is 6.64. The summed E-state index contributed by atoms with van der Waals surface area (Å²) in [6.07, 6.45) is 0. The molecule has 10 rings (SSSR count). The van der Waals surface area contributed by atoms with Gasteiger partial charge in [-0.2, -0.15) is 0 Å². The van der Waals surface area contributed by atoms with Gasteiger partial charge in [0.05, 0.1) is 17.4 Å². The van der Waals surface area contributed by atoms with Crippen molar-refractivity contribution in [1.82, 2.24) is 9.97 Å². The van der Waals surface area contributed by atoms with E-state index in [0.717, 1.165) is 67.2 Å². The predicted molar refractivity (Wildman–Crippen MR) is 208 cm³/mol. The Kier molecular flexibility index (Phi) is 6.85. The van der Waals surface area contributed by atoms with E-state index < -0.39 is 0 Å². The largest absolute Gasteiger partial charge is 0.456 e. The maximum atomic E-state index is 6.64. The number of hydrogen-bond donors (Lipinski definition) is 1. The van der Waals surface area contributed by atoms with Gasteiger partial charge >= 0.3 is 0 Å². The quantitative estimate of drug-likeness (QED) is 0.201. The fourth-order valence-corrected chi connectivity index (χ4v) is 7.38. The molecular formula is C47H31N3O. The van der Waals surface area contributed by atoms with Crippen molar-refractivity contribution in [3.8, 4) is 56.4 Å². The molecular weight excluding hydrogens is 623 g/mol. The van der Waals surface area contributed by atoms with Gasteiger partial charge in [-0.15, -0.1) is 0 Å². The highest BCUT2D eigenvalue weighted by Crippen LogP contribution is 2.49. The zero-order valence-corrected chi connectivity index (χ0v) is 27.6. The number of hydrogen-bond acceptors (Lipinski definition) is 4. The number of furan rings is 1. The van der Waals surface area contributed by atoms with E-state index in [9.17, 15) is 0 Å². The Morgan fingerprint density at radius 1 is 0.471 bits per heavy atom. The average Bonchev–Trinajstić information content (AvgIpc) is 3.61. The molecule has 240 valence electrons. The van der Waals surface area contributed by atoms with E-state index >= 15 is 0 Å². The van der Waals surface area contributed by atoms with Crippen molar-refractivity contribution >= 4 is 27.4 Å². The number of anilines is 1. The van der Waals surface area contributed by atoms with Crippen LogP contribution in [0.5, 0.6) is 0 Å². The van der Waals surface area contributed by atoms with Crippen LogP contribution in [-0.2, 0) is 0 Å². The number of nitrogens with one attached hydrogen (secondary N) is 1. The second-order valence-electron chi connectivity index (χ2n) is 13.1. The van der Waals surface area contributed by atoms with Crippen LogP contribution in [-0.4, -0.2) is 9.97 Å². The molecule has 4 heteroatoms. The molecule has 4 nitrogen and oxygen atoms in total. The van der Waals surface area contributed by atoms with Crippen LogP contribution in [0.2, 0.25) is 0 Å². The van der Waals surface area contributed by atoms with Gasteiger partial charge in [0.25, 0.3) is 0 Å². The summed E-state index contributed by atoms with van der Waals surface area (Å²) in [6, 6.07) is 61.3.